The summed E-state index contributed by atoms with van der Waals surface area (Å²) in [4.78, 5) is 11.5. The van der Waals surface area contributed by atoms with Gasteiger partial charge in [-0.1, -0.05) is 20.8 Å². The number of carbonyl (C=O) groups is 1. The zero-order chi connectivity index (χ0) is 12.2. The predicted molar refractivity (Wildman–Crippen MR) is 63.8 cm³/mol. The van der Waals surface area contributed by atoms with Gasteiger partial charge in [-0.05, 0) is 24.7 Å². The fraction of sp³-hybridized carbons (Fsp3) is 0.917. The van der Waals surface area contributed by atoms with E-state index in [9.17, 15) is 4.79 Å². The number of hydrogen-bond acceptors (Lipinski definition) is 4. The Morgan fingerprint density at radius 2 is 2.19 bits per heavy atom. The molecule has 1 aliphatic rings. The van der Waals surface area contributed by atoms with Crippen LogP contribution in [-0.4, -0.2) is 37.2 Å². The number of ether oxygens (including phenoxy) is 1. The second-order valence-electron chi connectivity index (χ2n) is 5.59. The van der Waals surface area contributed by atoms with Gasteiger partial charge in [0.2, 0.25) is 0 Å². The van der Waals surface area contributed by atoms with Gasteiger partial charge in [0.05, 0.1) is 7.11 Å². The molecule has 0 aliphatic carbocycles. The number of nitrogens with zero attached hydrogens (tertiary/aromatic N) is 1. The molecule has 1 unspecified atom stereocenters. The van der Waals surface area contributed by atoms with E-state index in [1.54, 1.807) is 0 Å². The highest BCUT2D eigenvalue weighted by atomic mass is 16.5. The summed E-state index contributed by atoms with van der Waals surface area (Å²) in [6.45, 7) is 8.50. The van der Waals surface area contributed by atoms with E-state index in [-0.39, 0.29) is 12.0 Å². The van der Waals surface area contributed by atoms with E-state index in [4.69, 9.17) is 4.74 Å². The van der Waals surface area contributed by atoms with Crippen molar-refractivity contribution >= 4 is 5.97 Å². The van der Waals surface area contributed by atoms with Crippen molar-refractivity contribution in [1.29, 1.82) is 0 Å². The normalized spacial score (nSPS) is 22.4. The Balaban J connectivity index is 2.33. The molecule has 1 fully saturated rings. The van der Waals surface area contributed by atoms with Crippen LogP contribution >= 0.6 is 0 Å². The lowest BCUT2D eigenvalue weighted by Gasteiger charge is -2.25. The van der Waals surface area contributed by atoms with Gasteiger partial charge in [-0.25, -0.2) is 5.01 Å². The van der Waals surface area contributed by atoms with E-state index in [1.165, 1.54) is 7.11 Å². The van der Waals surface area contributed by atoms with Gasteiger partial charge >= 0.3 is 5.97 Å². The molecular formula is C12H24N2O2. The monoisotopic (exact) mass is 228 g/mol. The summed E-state index contributed by atoms with van der Waals surface area (Å²) in [5.41, 5.74) is 3.66. The van der Waals surface area contributed by atoms with Crippen molar-refractivity contribution in [1.82, 2.24) is 10.4 Å². The van der Waals surface area contributed by atoms with E-state index in [0.717, 1.165) is 32.4 Å². The third-order valence-corrected chi connectivity index (χ3v) is 2.92. The number of hydrogen-bond donors (Lipinski definition) is 1. The van der Waals surface area contributed by atoms with Crippen LogP contribution in [0.15, 0.2) is 0 Å². The third kappa shape index (κ3) is 4.10. The molecule has 16 heavy (non-hydrogen) atoms. The van der Waals surface area contributed by atoms with Crippen LogP contribution in [0.4, 0.5) is 0 Å². The van der Waals surface area contributed by atoms with Crippen molar-refractivity contribution in [2.24, 2.45) is 5.41 Å². The van der Waals surface area contributed by atoms with Crippen LogP contribution in [0.25, 0.3) is 0 Å². The van der Waals surface area contributed by atoms with Gasteiger partial charge in [-0.15, -0.1) is 0 Å². The van der Waals surface area contributed by atoms with E-state index in [2.05, 4.69) is 26.2 Å². The fourth-order valence-electron chi connectivity index (χ4n) is 1.91. The molecule has 1 aliphatic heterocycles. The molecule has 0 aromatic heterocycles. The molecule has 1 saturated heterocycles. The SMILES string of the molecule is COC(=O)C1CCCN1NCCC(C)(C)C. The number of nitrogens with one attached hydrogen (secondary N) is 1. The summed E-state index contributed by atoms with van der Waals surface area (Å²) >= 11 is 0. The Morgan fingerprint density at radius 1 is 1.50 bits per heavy atom. The molecule has 0 aromatic rings. The molecule has 1 heterocycles. The van der Waals surface area contributed by atoms with Gasteiger partial charge in [0.15, 0.2) is 0 Å². The van der Waals surface area contributed by atoms with Crippen LogP contribution in [0.3, 0.4) is 0 Å². The lowest BCUT2D eigenvalue weighted by atomic mass is 9.92. The van der Waals surface area contributed by atoms with Crippen molar-refractivity contribution in [3.8, 4) is 0 Å². The second kappa shape index (κ2) is 5.64. The molecule has 4 nitrogen and oxygen atoms in total. The molecular weight excluding hydrogens is 204 g/mol. The standard InChI is InChI=1S/C12H24N2O2/c1-12(2,3)7-8-13-14-9-5-6-10(14)11(15)16-4/h10,13H,5-9H2,1-4H3. The molecule has 1 rings (SSSR count). The molecule has 1 N–H and O–H groups in total. The zero-order valence-corrected chi connectivity index (χ0v) is 10.9. The molecule has 94 valence electrons. The summed E-state index contributed by atoms with van der Waals surface area (Å²) in [6, 6.07) is -0.0926. The Hall–Kier alpha value is -0.610. The van der Waals surface area contributed by atoms with Crippen LogP contribution in [0.1, 0.15) is 40.0 Å². The molecule has 0 radical (unpaired) electrons. The number of methoxy groups -OCH3 is 1. The summed E-state index contributed by atoms with van der Waals surface area (Å²) in [5, 5.41) is 2.03. The molecule has 4 heteroatoms. The van der Waals surface area contributed by atoms with Crippen LogP contribution in [-0.2, 0) is 9.53 Å². The summed E-state index contributed by atoms with van der Waals surface area (Å²) in [5.74, 6) is -0.124. The van der Waals surface area contributed by atoms with Crippen LogP contribution in [0, 0.1) is 5.41 Å². The minimum atomic E-state index is -0.124. The van der Waals surface area contributed by atoms with Crippen molar-refractivity contribution < 1.29 is 9.53 Å². The fourth-order valence-corrected chi connectivity index (χ4v) is 1.91. The molecule has 0 aromatic carbocycles. The second-order valence-corrected chi connectivity index (χ2v) is 5.59. The highest BCUT2D eigenvalue weighted by Gasteiger charge is 2.31. The Kier molecular flexibility index (Phi) is 4.74. The number of carbonyl (C=O) groups excluding carboxylic acids is 1. The predicted octanol–water partition coefficient (Wildman–Crippen LogP) is 1.56. The zero-order valence-electron chi connectivity index (χ0n) is 10.9. The van der Waals surface area contributed by atoms with E-state index in [1.807, 2.05) is 5.01 Å². The van der Waals surface area contributed by atoms with Crippen molar-refractivity contribution in [3.05, 3.63) is 0 Å². The van der Waals surface area contributed by atoms with Crippen molar-refractivity contribution in [2.75, 3.05) is 20.2 Å². The summed E-state index contributed by atoms with van der Waals surface area (Å²) in [6.07, 6.45) is 3.05. The van der Waals surface area contributed by atoms with E-state index < -0.39 is 0 Å². The average molecular weight is 228 g/mol. The van der Waals surface area contributed by atoms with Gasteiger partial charge in [0, 0.05) is 13.1 Å². The van der Waals surface area contributed by atoms with Crippen molar-refractivity contribution in [3.63, 3.8) is 0 Å². The Labute approximate surface area is 98.3 Å². The maximum absolute atomic E-state index is 11.5. The maximum Gasteiger partial charge on any atom is 0.324 e. The van der Waals surface area contributed by atoms with E-state index >= 15 is 0 Å². The molecule has 1 atom stereocenters. The van der Waals surface area contributed by atoms with Crippen LogP contribution < -0.4 is 5.43 Å². The first-order valence-electron chi connectivity index (χ1n) is 6.02. The molecule has 0 amide bonds. The number of rotatable bonds is 4. The highest BCUT2D eigenvalue weighted by molar-refractivity contribution is 5.75. The molecule has 0 bridgehead atoms. The smallest absolute Gasteiger partial charge is 0.324 e. The van der Waals surface area contributed by atoms with Gasteiger partial charge < -0.3 is 4.74 Å². The maximum atomic E-state index is 11.5. The quantitative estimate of drug-likeness (QED) is 0.742. The highest BCUT2D eigenvalue weighted by Crippen LogP contribution is 2.19. The first-order valence-corrected chi connectivity index (χ1v) is 6.02. The van der Waals surface area contributed by atoms with Gasteiger partial charge in [0.1, 0.15) is 6.04 Å². The van der Waals surface area contributed by atoms with Crippen LogP contribution in [0.5, 0.6) is 0 Å². The van der Waals surface area contributed by atoms with Crippen molar-refractivity contribution in [2.45, 2.75) is 46.1 Å². The van der Waals surface area contributed by atoms with Gasteiger partial charge in [-0.3, -0.25) is 10.2 Å². The minimum Gasteiger partial charge on any atom is -0.468 e. The Bertz CT molecular complexity index is 236. The average Bonchev–Trinajstić information content (AvgIpc) is 2.63. The topological polar surface area (TPSA) is 41.6 Å². The lowest BCUT2D eigenvalue weighted by Crippen LogP contribution is -2.46. The summed E-state index contributed by atoms with van der Waals surface area (Å²) < 4.78 is 4.79. The first kappa shape index (κ1) is 13.5. The summed E-state index contributed by atoms with van der Waals surface area (Å²) in [7, 11) is 1.45. The molecule has 0 spiro atoms. The lowest BCUT2D eigenvalue weighted by molar-refractivity contribution is -0.146. The van der Waals surface area contributed by atoms with E-state index in [0.29, 0.717) is 5.41 Å². The van der Waals surface area contributed by atoms with Gasteiger partial charge in [0.25, 0.3) is 0 Å². The first-order chi connectivity index (χ1) is 7.44. The largest absolute Gasteiger partial charge is 0.468 e. The number of esters is 1. The Morgan fingerprint density at radius 3 is 2.75 bits per heavy atom. The molecule has 0 saturated carbocycles. The third-order valence-electron chi connectivity index (χ3n) is 2.92. The minimum absolute atomic E-state index is 0.0926. The van der Waals surface area contributed by atoms with Crippen LogP contribution in [0.2, 0.25) is 0 Å². The van der Waals surface area contributed by atoms with Gasteiger partial charge in [-0.2, -0.15) is 0 Å². The number of hydrazine groups is 1.